The standard InChI is InChI=1S/C17H32N2O3S/c1-3-14-5-7-15(8-6-14)13-18-17(20)16-9-11-19(12-10-16)23(21,22)4-2/h14-16H,3-13H2,1-2H3,(H,18,20). The minimum Gasteiger partial charge on any atom is -0.356 e. The summed E-state index contributed by atoms with van der Waals surface area (Å²) in [5.74, 6) is 1.75. The van der Waals surface area contributed by atoms with Gasteiger partial charge in [-0.05, 0) is 44.4 Å². The second-order valence-electron chi connectivity index (χ2n) is 7.11. The van der Waals surface area contributed by atoms with Crippen molar-refractivity contribution >= 4 is 15.9 Å². The maximum Gasteiger partial charge on any atom is 0.223 e. The Morgan fingerprint density at radius 1 is 1.00 bits per heavy atom. The van der Waals surface area contributed by atoms with Crippen LogP contribution < -0.4 is 5.32 Å². The third-order valence-electron chi connectivity index (χ3n) is 5.69. The third-order valence-corrected chi connectivity index (χ3v) is 7.57. The Morgan fingerprint density at radius 3 is 2.09 bits per heavy atom. The average Bonchev–Trinajstić information content (AvgIpc) is 2.60. The first-order valence-corrected chi connectivity index (χ1v) is 10.8. The minimum absolute atomic E-state index is 0.0229. The Hall–Kier alpha value is -0.620. The van der Waals surface area contributed by atoms with Gasteiger partial charge in [0.05, 0.1) is 5.75 Å². The van der Waals surface area contributed by atoms with Crippen LogP contribution in [0.2, 0.25) is 0 Å². The van der Waals surface area contributed by atoms with Crippen LogP contribution >= 0.6 is 0 Å². The first-order chi connectivity index (χ1) is 11.0. The molecule has 2 rings (SSSR count). The highest BCUT2D eigenvalue weighted by atomic mass is 32.2. The summed E-state index contributed by atoms with van der Waals surface area (Å²) in [6.07, 6.45) is 7.62. The number of hydrogen-bond acceptors (Lipinski definition) is 3. The molecule has 1 aliphatic carbocycles. The highest BCUT2D eigenvalue weighted by molar-refractivity contribution is 7.89. The molecule has 1 aliphatic heterocycles. The van der Waals surface area contributed by atoms with Crippen molar-refractivity contribution in [3.05, 3.63) is 0 Å². The van der Waals surface area contributed by atoms with Gasteiger partial charge < -0.3 is 5.32 Å². The molecule has 1 N–H and O–H groups in total. The van der Waals surface area contributed by atoms with E-state index in [4.69, 9.17) is 0 Å². The van der Waals surface area contributed by atoms with Crippen molar-refractivity contribution in [1.82, 2.24) is 9.62 Å². The summed E-state index contributed by atoms with van der Waals surface area (Å²) in [5, 5.41) is 3.12. The van der Waals surface area contributed by atoms with Gasteiger partial charge in [-0.3, -0.25) is 4.79 Å². The van der Waals surface area contributed by atoms with Crippen LogP contribution in [0, 0.1) is 17.8 Å². The van der Waals surface area contributed by atoms with Crippen molar-refractivity contribution < 1.29 is 13.2 Å². The lowest BCUT2D eigenvalue weighted by molar-refractivity contribution is -0.126. The Bertz CT molecular complexity index is 476. The molecule has 0 radical (unpaired) electrons. The highest BCUT2D eigenvalue weighted by Crippen LogP contribution is 2.30. The van der Waals surface area contributed by atoms with Gasteiger partial charge in [0.1, 0.15) is 0 Å². The lowest BCUT2D eigenvalue weighted by Crippen LogP contribution is -2.44. The van der Waals surface area contributed by atoms with Gasteiger partial charge in [0.2, 0.25) is 15.9 Å². The molecule has 0 bridgehead atoms. The number of rotatable bonds is 6. The van der Waals surface area contributed by atoms with Crippen molar-refractivity contribution in [3.63, 3.8) is 0 Å². The van der Waals surface area contributed by atoms with Crippen molar-refractivity contribution in [2.24, 2.45) is 17.8 Å². The normalized spacial score (nSPS) is 27.7. The highest BCUT2D eigenvalue weighted by Gasteiger charge is 2.30. The molecule has 0 aromatic rings. The summed E-state index contributed by atoms with van der Waals surface area (Å²) in [5.41, 5.74) is 0. The van der Waals surface area contributed by atoms with Crippen LogP contribution in [0.4, 0.5) is 0 Å². The molecule has 23 heavy (non-hydrogen) atoms. The van der Waals surface area contributed by atoms with Gasteiger partial charge in [-0.1, -0.05) is 26.2 Å². The van der Waals surface area contributed by atoms with E-state index in [0.29, 0.717) is 31.8 Å². The molecule has 134 valence electrons. The van der Waals surface area contributed by atoms with Crippen molar-refractivity contribution in [2.45, 2.75) is 58.8 Å². The molecule has 0 spiro atoms. The maximum absolute atomic E-state index is 12.3. The summed E-state index contributed by atoms with van der Waals surface area (Å²) >= 11 is 0. The first kappa shape index (κ1) is 18.7. The topological polar surface area (TPSA) is 66.5 Å². The molecule has 0 unspecified atom stereocenters. The fourth-order valence-electron chi connectivity index (χ4n) is 3.81. The van der Waals surface area contributed by atoms with E-state index >= 15 is 0 Å². The van der Waals surface area contributed by atoms with Gasteiger partial charge in [0.15, 0.2) is 0 Å². The maximum atomic E-state index is 12.3. The third kappa shape index (κ3) is 5.18. The SMILES string of the molecule is CCC1CCC(CNC(=O)C2CCN(S(=O)(=O)CC)CC2)CC1. The van der Waals surface area contributed by atoms with Crippen molar-refractivity contribution in [3.8, 4) is 0 Å². The second-order valence-corrected chi connectivity index (χ2v) is 9.37. The van der Waals surface area contributed by atoms with E-state index in [-0.39, 0.29) is 17.6 Å². The predicted molar refractivity (Wildman–Crippen MR) is 92.5 cm³/mol. The Labute approximate surface area is 141 Å². The van der Waals surface area contributed by atoms with E-state index in [1.807, 2.05) is 0 Å². The van der Waals surface area contributed by atoms with Gasteiger partial charge >= 0.3 is 0 Å². The molecule has 6 heteroatoms. The summed E-state index contributed by atoms with van der Waals surface area (Å²) < 4.78 is 25.2. The van der Waals surface area contributed by atoms with Crippen LogP contribution in [-0.2, 0) is 14.8 Å². The van der Waals surface area contributed by atoms with Crippen LogP contribution in [-0.4, -0.2) is 44.0 Å². The van der Waals surface area contributed by atoms with Crippen LogP contribution in [0.25, 0.3) is 0 Å². The molecule has 1 amide bonds. The number of hydrogen-bond donors (Lipinski definition) is 1. The lowest BCUT2D eigenvalue weighted by atomic mass is 9.81. The van der Waals surface area contributed by atoms with Crippen LogP contribution in [0.5, 0.6) is 0 Å². The molecule has 1 saturated heterocycles. The van der Waals surface area contributed by atoms with E-state index in [1.165, 1.54) is 36.4 Å². The quantitative estimate of drug-likeness (QED) is 0.804. The molecule has 2 fully saturated rings. The summed E-state index contributed by atoms with van der Waals surface area (Å²) in [6, 6.07) is 0. The summed E-state index contributed by atoms with van der Waals surface area (Å²) in [6.45, 7) is 5.69. The monoisotopic (exact) mass is 344 g/mol. The summed E-state index contributed by atoms with van der Waals surface area (Å²) in [7, 11) is -3.11. The smallest absolute Gasteiger partial charge is 0.223 e. The van der Waals surface area contributed by atoms with Gasteiger partial charge in [-0.2, -0.15) is 0 Å². The van der Waals surface area contributed by atoms with E-state index in [9.17, 15) is 13.2 Å². The number of nitrogens with zero attached hydrogens (tertiary/aromatic N) is 1. The summed E-state index contributed by atoms with van der Waals surface area (Å²) in [4.78, 5) is 12.3. The zero-order valence-electron chi connectivity index (χ0n) is 14.6. The molecule has 2 aliphatic rings. The lowest BCUT2D eigenvalue weighted by Gasteiger charge is -2.31. The number of amides is 1. The van der Waals surface area contributed by atoms with Gasteiger partial charge in [0, 0.05) is 25.6 Å². The zero-order chi connectivity index (χ0) is 16.9. The largest absolute Gasteiger partial charge is 0.356 e. The van der Waals surface area contributed by atoms with Crippen molar-refractivity contribution in [2.75, 3.05) is 25.4 Å². The minimum atomic E-state index is -3.11. The molecular weight excluding hydrogens is 312 g/mol. The average molecular weight is 345 g/mol. The van der Waals surface area contributed by atoms with E-state index < -0.39 is 10.0 Å². The first-order valence-electron chi connectivity index (χ1n) is 9.21. The Balaban J connectivity index is 1.69. The van der Waals surface area contributed by atoms with E-state index in [2.05, 4.69) is 12.2 Å². The van der Waals surface area contributed by atoms with Crippen molar-refractivity contribution in [1.29, 1.82) is 0 Å². The predicted octanol–water partition coefficient (Wildman–Crippen LogP) is 2.38. The number of piperidine rings is 1. The molecular formula is C17H32N2O3S. The van der Waals surface area contributed by atoms with Crippen LogP contribution in [0.3, 0.4) is 0 Å². The number of carbonyl (C=O) groups is 1. The molecule has 0 aromatic heterocycles. The molecule has 5 nitrogen and oxygen atoms in total. The van der Waals surface area contributed by atoms with E-state index in [1.54, 1.807) is 6.92 Å². The molecule has 0 aromatic carbocycles. The fourth-order valence-corrected chi connectivity index (χ4v) is 4.94. The van der Waals surface area contributed by atoms with Crippen LogP contribution in [0.1, 0.15) is 58.8 Å². The Morgan fingerprint density at radius 2 is 1.57 bits per heavy atom. The number of nitrogens with one attached hydrogen (secondary N) is 1. The van der Waals surface area contributed by atoms with Gasteiger partial charge in [-0.25, -0.2) is 12.7 Å². The van der Waals surface area contributed by atoms with E-state index in [0.717, 1.165) is 12.5 Å². The second kappa shape index (κ2) is 8.47. The fraction of sp³-hybridized carbons (Fsp3) is 0.941. The molecule has 1 heterocycles. The Kier molecular flexibility index (Phi) is 6.89. The molecule has 0 atom stereocenters. The number of carbonyl (C=O) groups excluding carboxylic acids is 1. The zero-order valence-corrected chi connectivity index (χ0v) is 15.4. The van der Waals surface area contributed by atoms with Gasteiger partial charge in [-0.15, -0.1) is 0 Å². The van der Waals surface area contributed by atoms with Crippen LogP contribution in [0.15, 0.2) is 0 Å². The number of sulfonamides is 1. The van der Waals surface area contributed by atoms with Gasteiger partial charge in [0.25, 0.3) is 0 Å². The molecule has 1 saturated carbocycles.